The zero-order valence-electron chi connectivity index (χ0n) is 12.5. The number of ether oxygens (including phenoxy) is 1. The third kappa shape index (κ3) is 5.99. The van der Waals surface area contributed by atoms with Gasteiger partial charge < -0.3 is 16.2 Å². The summed E-state index contributed by atoms with van der Waals surface area (Å²) in [5, 5.41) is 0. The average molecular weight is 318 g/mol. The molecule has 0 aromatic heterocycles. The van der Waals surface area contributed by atoms with Gasteiger partial charge in [-0.25, -0.2) is 0 Å². The van der Waals surface area contributed by atoms with Crippen molar-refractivity contribution in [2.75, 3.05) is 26.3 Å². The van der Waals surface area contributed by atoms with Crippen LogP contribution in [0, 0.1) is 11.8 Å². The van der Waals surface area contributed by atoms with E-state index in [1.165, 1.54) is 0 Å². The molecule has 0 saturated carbocycles. The number of hydrogen-bond donors (Lipinski definition) is 2. The molecule has 2 unspecified atom stereocenters. The van der Waals surface area contributed by atoms with Crippen molar-refractivity contribution >= 4 is 34.4 Å². The fourth-order valence-electron chi connectivity index (χ4n) is 2.81. The lowest BCUT2D eigenvalue weighted by Crippen LogP contribution is -2.50. The molecule has 1 saturated heterocycles. The summed E-state index contributed by atoms with van der Waals surface area (Å²) in [6.07, 6.45) is 2.67. The van der Waals surface area contributed by atoms with E-state index in [4.69, 9.17) is 40.6 Å². The van der Waals surface area contributed by atoms with Crippen LogP contribution in [0.2, 0.25) is 0 Å². The molecule has 0 spiro atoms. The predicted octanol–water partition coefficient (Wildman–Crippen LogP) is 1.70. The van der Waals surface area contributed by atoms with Crippen LogP contribution in [0.3, 0.4) is 0 Å². The lowest BCUT2D eigenvalue weighted by atomic mass is 9.86. The Labute approximate surface area is 133 Å². The molecule has 1 aliphatic rings. The molecule has 2 atom stereocenters. The van der Waals surface area contributed by atoms with Gasteiger partial charge >= 0.3 is 0 Å². The summed E-state index contributed by atoms with van der Waals surface area (Å²) in [6.45, 7) is 7.81. The summed E-state index contributed by atoms with van der Waals surface area (Å²) < 4.78 is 5.44. The zero-order valence-corrected chi connectivity index (χ0v) is 14.1. The van der Waals surface area contributed by atoms with E-state index in [1.54, 1.807) is 0 Å². The number of morpholine rings is 1. The maximum absolute atomic E-state index is 6.01. The van der Waals surface area contributed by atoms with Gasteiger partial charge in [-0.15, -0.1) is 0 Å². The highest BCUT2D eigenvalue weighted by Crippen LogP contribution is 2.25. The van der Waals surface area contributed by atoms with E-state index < -0.39 is 0 Å². The maximum Gasteiger partial charge on any atom is 0.0774 e. The molecule has 4 N–H and O–H groups in total. The molecular formula is C14H27N3OS2. The van der Waals surface area contributed by atoms with Crippen molar-refractivity contribution in [3.05, 3.63) is 0 Å². The Balaban J connectivity index is 2.80. The minimum atomic E-state index is 0.220. The van der Waals surface area contributed by atoms with Crippen LogP contribution in [-0.2, 0) is 4.74 Å². The first kappa shape index (κ1) is 17.8. The van der Waals surface area contributed by atoms with Crippen molar-refractivity contribution in [2.24, 2.45) is 23.3 Å². The highest BCUT2D eigenvalue weighted by molar-refractivity contribution is 7.80. The lowest BCUT2D eigenvalue weighted by Gasteiger charge is -2.39. The first-order valence-electron chi connectivity index (χ1n) is 7.31. The number of thiocarbonyl (C=S) groups is 2. The van der Waals surface area contributed by atoms with Crippen LogP contribution >= 0.6 is 24.4 Å². The number of nitrogens with zero attached hydrogens (tertiary/aromatic N) is 1. The largest absolute Gasteiger partial charge is 0.393 e. The summed E-state index contributed by atoms with van der Waals surface area (Å²) in [5.74, 6) is 0.785. The first-order valence-corrected chi connectivity index (χ1v) is 8.13. The smallest absolute Gasteiger partial charge is 0.0774 e. The van der Waals surface area contributed by atoms with Gasteiger partial charge in [0, 0.05) is 25.0 Å². The minimum Gasteiger partial charge on any atom is -0.393 e. The van der Waals surface area contributed by atoms with E-state index in [-0.39, 0.29) is 5.92 Å². The lowest BCUT2D eigenvalue weighted by molar-refractivity contribution is 0.00603. The molecule has 1 fully saturated rings. The van der Waals surface area contributed by atoms with Crippen molar-refractivity contribution in [3.8, 4) is 0 Å². The van der Waals surface area contributed by atoms with Crippen molar-refractivity contribution in [2.45, 2.75) is 39.2 Å². The van der Waals surface area contributed by atoms with Crippen LogP contribution in [0.5, 0.6) is 0 Å². The van der Waals surface area contributed by atoms with Gasteiger partial charge in [-0.2, -0.15) is 0 Å². The first-order chi connectivity index (χ1) is 9.41. The van der Waals surface area contributed by atoms with Crippen molar-refractivity contribution in [1.82, 2.24) is 4.90 Å². The highest BCUT2D eigenvalue weighted by atomic mass is 32.1. The van der Waals surface area contributed by atoms with Gasteiger partial charge in [0.15, 0.2) is 0 Å². The third-order valence-electron chi connectivity index (χ3n) is 3.76. The molecule has 6 heteroatoms. The number of nitrogens with two attached hydrogens (primary N) is 2. The second kappa shape index (κ2) is 8.87. The van der Waals surface area contributed by atoms with E-state index in [1.807, 2.05) is 0 Å². The van der Waals surface area contributed by atoms with Gasteiger partial charge in [0.05, 0.1) is 23.2 Å². The Bertz CT molecular complexity index is 330. The quantitative estimate of drug-likeness (QED) is 0.664. The molecule has 0 aliphatic carbocycles. The van der Waals surface area contributed by atoms with E-state index in [0.717, 1.165) is 45.6 Å². The molecule has 116 valence electrons. The van der Waals surface area contributed by atoms with Gasteiger partial charge in [0.1, 0.15) is 0 Å². The summed E-state index contributed by atoms with van der Waals surface area (Å²) in [5.41, 5.74) is 11.7. The maximum atomic E-state index is 6.01. The Morgan fingerprint density at radius 1 is 1.20 bits per heavy atom. The SMILES string of the molecule is CC(C)CC(C(N)=S)C(CCC(N)=S)N1CCOCC1. The number of hydrogen-bond acceptors (Lipinski definition) is 4. The van der Waals surface area contributed by atoms with Crippen molar-refractivity contribution < 1.29 is 4.74 Å². The molecule has 20 heavy (non-hydrogen) atoms. The van der Waals surface area contributed by atoms with E-state index >= 15 is 0 Å². The molecule has 0 aromatic rings. The molecule has 1 rings (SSSR count). The van der Waals surface area contributed by atoms with Crippen LogP contribution in [0.15, 0.2) is 0 Å². The summed E-state index contributed by atoms with van der Waals surface area (Å²) >= 11 is 10.3. The molecule has 1 heterocycles. The predicted molar refractivity (Wildman–Crippen MR) is 91.9 cm³/mol. The Kier molecular flexibility index (Phi) is 7.87. The molecule has 0 aromatic carbocycles. The van der Waals surface area contributed by atoms with Gasteiger partial charge in [-0.1, -0.05) is 38.3 Å². The normalized spacial score (nSPS) is 19.8. The topological polar surface area (TPSA) is 64.5 Å². The van der Waals surface area contributed by atoms with Crippen molar-refractivity contribution in [1.29, 1.82) is 0 Å². The standard InChI is InChI=1S/C14H27N3OS2/c1-10(2)9-11(14(16)20)12(3-4-13(15)19)17-5-7-18-8-6-17/h10-12H,3-9H2,1-2H3,(H2,15,19)(H2,16,20). The van der Waals surface area contributed by atoms with Crippen LogP contribution in [0.25, 0.3) is 0 Å². The zero-order chi connectivity index (χ0) is 15.1. The Hall–Kier alpha value is -0.300. The molecule has 1 aliphatic heterocycles. The monoisotopic (exact) mass is 317 g/mol. The summed E-state index contributed by atoms with van der Waals surface area (Å²) in [7, 11) is 0. The van der Waals surface area contributed by atoms with Crippen molar-refractivity contribution in [3.63, 3.8) is 0 Å². The Morgan fingerprint density at radius 3 is 2.25 bits per heavy atom. The van der Waals surface area contributed by atoms with E-state index in [0.29, 0.717) is 21.9 Å². The van der Waals surface area contributed by atoms with Gasteiger partial charge in [-0.05, 0) is 25.2 Å². The van der Waals surface area contributed by atoms with Gasteiger partial charge in [0.2, 0.25) is 0 Å². The fourth-order valence-corrected chi connectivity index (χ4v) is 3.18. The van der Waals surface area contributed by atoms with Gasteiger partial charge in [-0.3, -0.25) is 4.90 Å². The average Bonchev–Trinajstić information content (AvgIpc) is 2.38. The highest BCUT2D eigenvalue weighted by Gasteiger charge is 2.30. The molecular weight excluding hydrogens is 290 g/mol. The Morgan fingerprint density at radius 2 is 1.80 bits per heavy atom. The second-order valence-electron chi connectivity index (χ2n) is 5.86. The third-order valence-corrected chi connectivity index (χ3v) is 4.26. The van der Waals surface area contributed by atoms with Crippen LogP contribution in [-0.4, -0.2) is 47.2 Å². The van der Waals surface area contributed by atoms with Crippen LogP contribution in [0.1, 0.15) is 33.1 Å². The molecule has 0 amide bonds. The second-order valence-corrected chi connectivity index (χ2v) is 6.85. The molecule has 0 bridgehead atoms. The van der Waals surface area contributed by atoms with E-state index in [9.17, 15) is 0 Å². The van der Waals surface area contributed by atoms with E-state index in [2.05, 4.69) is 18.7 Å². The minimum absolute atomic E-state index is 0.220. The number of rotatable bonds is 8. The van der Waals surface area contributed by atoms with Gasteiger partial charge in [0.25, 0.3) is 0 Å². The summed E-state index contributed by atoms with van der Waals surface area (Å²) in [4.78, 5) is 3.61. The van der Waals surface area contributed by atoms with Crippen LogP contribution in [0.4, 0.5) is 0 Å². The molecule has 0 radical (unpaired) electrons. The summed E-state index contributed by atoms with van der Waals surface area (Å²) in [6, 6.07) is 0.320. The van der Waals surface area contributed by atoms with Crippen LogP contribution < -0.4 is 11.5 Å². The molecule has 4 nitrogen and oxygen atoms in total. The fraction of sp³-hybridized carbons (Fsp3) is 0.857.